The van der Waals surface area contributed by atoms with Crippen molar-refractivity contribution in [3.05, 3.63) is 301 Å². The summed E-state index contributed by atoms with van der Waals surface area (Å²) in [4.78, 5) is 165. The maximum absolute atomic E-state index is 12.0. The Hall–Kier alpha value is -13.3. The highest BCUT2D eigenvalue weighted by Crippen LogP contribution is 2.31. The number of ketones is 7. The van der Waals surface area contributed by atoms with Gasteiger partial charge in [-0.15, -0.1) is 0 Å². The first-order valence-electron chi connectivity index (χ1n) is 46.5. The minimum atomic E-state index is -0.896. The lowest BCUT2D eigenvalue weighted by atomic mass is 9.92. The van der Waals surface area contributed by atoms with Gasteiger partial charge in [0.2, 0.25) is 0 Å². The molecular weight excluding hydrogens is 1920 g/mol. The van der Waals surface area contributed by atoms with Crippen LogP contribution < -0.4 is 0 Å². The number of aryl methyl sites for hydroxylation is 4. The van der Waals surface area contributed by atoms with Gasteiger partial charge in [-0.05, 0) is 95.6 Å². The molecule has 754 valence electrons. The van der Waals surface area contributed by atoms with Gasteiger partial charge in [0.25, 0.3) is 0 Å². The van der Waals surface area contributed by atoms with E-state index in [-0.39, 0.29) is 85.4 Å². The second kappa shape index (κ2) is 58.9. The van der Waals surface area contributed by atoms with Crippen molar-refractivity contribution < 1.29 is 133 Å². The topological polar surface area (TPSA) is 368 Å². The number of methoxy groups -OCH3 is 7. The van der Waals surface area contributed by atoms with Crippen molar-refractivity contribution in [1.82, 2.24) is 0 Å². The molecule has 14 atom stereocenters. The predicted octanol–water partition coefficient (Wildman–Crippen LogP) is 16.7. The Bertz CT molecular complexity index is 5600. The lowest BCUT2D eigenvalue weighted by Crippen LogP contribution is -2.41. The maximum Gasteiger partial charge on any atom is 0.319 e. The lowest BCUT2D eigenvalue weighted by molar-refractivity contribution is -0.160. The van der Waals surface area contributed by atoms with E-state index in [1.54, 1.807) is 54.7 Å². The molecule has 8 aromatic rings. The summed E-state index contributed by atoms with van der Waals surface area (Å²) in [5, 5.41) is 2.90. The van der Waals surface area contributed by atoms with Crippen LogP contribution in [0.3, 0.4) is 0 Å². The third kappa shape index (κ3) is 34.8. The summed E-state index contributed by atoms with van der Waals surface area (Å²) in [6.07, 6.45) is 22.9. The van der Waals surface area contributed by atoms with Crippen molar-refractivity contribution >= 4 is 163 Å². The first-order valence-corrected chi connectivity index (χ1v) is 47.7. The van der Waals surface area contributed by atoms with Gasteiger partial charge in [-0.3, -0.25) is 67.1 Å². The second-order valence-corrected chi connectivity index (χ2v) is 34.9. The molecule has 30 heteroatoms. The van der Waals surface area contributed by atoms with Crippen LogP contribution in [-0.4, -0.2) is 221 Å². The molecule has 8 aromatic carbocycles. The van der Waals surface area contributed by atoms with E-state index in [1.807, 2.05) is 234 Å². The molecule has 15 rings (SSSR count). The molecule has 0 radical (unpaired) electrons. The zero-order valence-electron chi connectivity index (χ0n) is 81.7. The summed E-state index contributed by atoms with van der Waals surface area (Å²) in [6, 6.07) is 61.0. The molecule has 143 heavy (non-hydrogen) atoms. The fourth-order valence-corrected chi connectivity index (χ4v) is 16.5. The van der Waals surface area contributed by atoms with E-state index in [1.165, 1.54) is 66.3 Å². The van der Waals surface area contributed by atoms with Gasteiger partial charge >= 0.3 is 41.8 Å². The maximum atomic E-state index is 12.0. The first-order chi connectivity index (χ1) is 68.9. The SMILES string of the molecule is COC(=O)[C@H]1C(=O)CCO[C@@H]1/C=C/c1ccc(C)cc1.COC(=O)[C@H]1C(=O)CCO[C@@H]1/C=C/c1ccc(C)cc1.COC(=O)[C@H]1C(=O)CCO[C@@H]1/C=C/c1ccc2ccccc2c1.COC(=O)[C@H]1C(=O)CCO[C@@H]1/C=C/c1cccc(C)c1.COC(=O)[C@H]1C(=O)CCO[C@@H]1/C=C/c1cccc(C)c1.COC(=O)[C@H]1C(=O)CCO[C@@H]1/C=C/c1ccccc1Br.COC(=O)[C@H]1C(=O)CCO[C@@H]1/C=C/c1ccccc1Cl. The number of fused-ring (bicyclic) bond motifs is 1. The van der Waals surface area contributed by atoms with Crippen molar-refractivity contribution in [3.8, 4) is 0 Å². The zero-order chi connectivity index (χ0) is 103. The summed E-state index contributed by atoms with van der Waals surface area (Å²) < 4.78 is 72.5. The summed E-state index contributed by atoms with van der Waals surface area (Å²) in [6.45, 7) is 10.4. The van der Waals surface area contributed by atoms with Crippen LogP contribution in [0.2, 0.25) is 5.02 Å². The Kier molecular flexibility index (Phi) is 46.7. The number of Topliss-reactive ketones (excluding diaryl/α,β-unsaturated/α-hetero) is 7. The average Bonchev–Trinajstić information content (AvgIpc) is 0.942. The Morgan fingerprint density at radius 1 is 0.259 bits per heavy atom. The number of hydrogen-bond acceptors (Lipinski definition) is 28. The monoisotopic (exact) mass is 2040 g/mol. The smallest absolute Gasteiger partial charge is 0.319 e. The highest BCUT2D eigenvalue weighted by Gasteiger charge is 2.44. The number of benzene rings is 8. The number of hydrogen-bond donors (Lipinski definition) is 0. The molecule has 28 nitrogen and oxygen atoms in total. The molecule has 7 aliphatic rings. The fraction of sp³-hybridized carbons (Fsp3) is 0.345. The third-order valence-electron chi connectivity index (χ3n) is 23.7. The van der Waals surface area contributed by atoms with Gasteiger partial charge in [0.1, 0.15) is 41.4 Å². The van der Waals surface area contributed by atoms with Crippen molar-refractivity contribution in [1.29, 1.82) is 0 Å². The molecule has 0 spiro atoms. The number of ether oxygens (including phenoxy) is 14. The van der Waals surface area contributed by atoms with Crippen molar-refractivity contribution in [2.24, 2.45) is 41.4 Å². The summed E-state index contributed by atoms with van der Waals surface area (Å²) in [7, 11) is 8.96. The van der Waals surface area contributed by atoms with Crippen LogP contribution in [0.15, 0.2) is 235 Å². The molecule has 0 N–H and O–H groups in total. The van der Waals surface area contributed by atoms with Gasteiger partial charge in [-0.2, -0.15) is 0 Å². The number of halogens is 2. The standard InChI is InChI=1S/C19H18O4.4C16H18O4.C15H15BrO4.C15H15ClO4/c1-22-19(21)18-16(20)10-11-23-17(18)9-7-13-6-8-14-4-2-3-5-15(14)12-13;2*1-11-3-5-12(6-4-11)7-8-14-15(16(18)19-2)13(17)9-10-20-14;2*1-11-4-3-5-12(10-11)6-7-14-15(16(18)19-2)13(17)8-9-20-14;2*1-19-15(18)14-12(17)8-9-20-13(14)7-6-10-4-2-3-5-11(10)16/h2-9,12,17-18H,10-11H2,1H3;2*3-8,14-15H,9-10H2,1-2H3;2*3-7,10,14-15H,8-9H2,1-2H3;2*2-7,13-14H,8-9H2,1H3/b9-7+;2*8-7+;4*7-6+/t17-,18+;4*14-,15+;2*13-,14+/m1111111/s1. The minimum absolute atomic E-state index is 0.123. The summed E-state index contributed by atoms with van der Waals surface area (Å²) in [5.41, 5.74) is 11.4. The van der Waals surface area contributed by atoms with E-state index in [0.717, 1.165) is 59.9 Å². The van der Waals surface area contributed by atoms with Gasteiger partial charge in [-0.25, -0.2) is 0 Å². The number of rotatable bonds is 21. The Labute approximate surface area is 845 Å². The predicted molar refractivity (Wildman–Crippen MR) is 542 cm³/mol. The van der Waals surface area contributed by atoms with E-state index < -0.39 is 126 Å². The largest absolute Gasteiger partial charge is 0.468 e. The van der Waals surface area contributed by atoms with E-state index in [0.29, 0.717) is 51.3 Å². The molecule has 7 fully saturated rings. The molecule has 0 aliphatic carbocycles. The van der Waals surface area contributed by atoms with Crippen LogP contribution in [0.5, 0.6) is 0 Å². The minimum Gasteiger partial charge on any atom is -0.468 e. The molecule has 0 amide bonds. The van der Waals surface area contributed by atoms with Gasteiger partial charge < -0.3 is 66.3 Å². The third-order valence-corrected chi connectivity index (χ3v) is 24.7. The molecular formula is C113H120BrClO28. The van der Waals surface area contributed by atoms with Crippen LogP contribution >= 0.6 is 27.5 Å². The Morgan fingerprint density at radius 3 is 0.776 bits per heavy atom. The van der Waals surface area contributed by atoms with Crippen LogP contribution in [0.1, 0.15) is 106 Å². The van der Waals surface area contributed by atoms with Crippen LogP contribution in [0.25, 0.3) is 53.3 Å². The van der Waals surface area contributed by atoms with E-state index in [2.05, 4.69) is 56.5 Å². The molecule has 7 saturated heterocycles. The molecule has 7 heterocycles. The Balaban J connectivity index is 0.000000186. The second-order valence-electron chi connectivity index (χ2n) is 33.7. The van der Waals surface area contributed by atoms with Crippen molar-refractivity contribution in [2.45, 2.75) is 115 Å². The number of carbonyl (C=O) groups is 14. The molecule has 7 aliphatic heterocycles. The molecule has 0 aromatic heterocycles. The van der Waals surface area contributed by atoms with E-state index in [4.69, 9.17) is 49.5 Å². The highest BCUT2D eigenvalue weighted by molar-refractivity contribution is 9.10. The molecule has 0 unspecified atom stereocenters. The van der Waals surface area contributed by atoms with Crippen LogP contribution in [0, 0.1) is 69.1 Å². The molecule has 0 saturated carbocycles. The number of carbonyl (C=O) groups excluding carboxylic acids is 14. The van der Waals surface area contributed by atoms with Gasteiger partial charge in [-0.1, -0.05) is 305 Å². The normalized spacial score (nSPS) is 22.8. The fourth-order valence-electron chi connectivity index (χ4n) is 15.9. The lowest BCUT2D eigenvalue weighted by Gasteiger charge is -2.26. The number of esters is 7. The average molecular weight is 2040 g/mol. The van der Waals surface area contributed by atoms with Crippen LogP contribution in [-0.2, 0) is 133 Å². The van der Waals surface area contributed by atoms with Crippen LogP contribution in [0.4, 0.5) is 0 Å². The van der Waals surface area contributed by atoms with Crippen molar-refractivity contribution in [3.63, 3.8) is 0 Å². The Morgan fingerprint density at radius 2 is 0.497 bits per heavy atom. The zero-order valence-corrected chi connectivity index (χ0v) is 84.0. The van der Waals surface area contributed by atoms with Crippen molar-refractivity contribution in [2.75, 3.05) is 96.0 Å². The van der Waals surface area contributed by atoms with Gasteiger partial charge in [0, 0.05) is 54.4 Å². The first kappa shape index (κ1) is 113. The van der Waals surface area contributed by atoms with Gasteiger partial charge in [0.05, 0.1) is 139 Å². The van der Waals surface area contributed by atoms with E-state index in [9.17, 15) is 67.1 Å². The van der Waals surface area contributed by atoms with E-state index >= 15 is 0 Å². The highest BCUT2D eigenvalue weighted by atomic mass is 79.9. The summed E-state index contributed by atoms with van der Waals surface area (Å²) >= 11 is 9.49. The van der Waals surface area contributed by atoms with Gasteiger partial charge in [0.15, 0.2) is 40.5 Å². The molecule has 0 bridgehead atoms. The quantitative estimate of drug-likeness (QED) is 0.0366. The summed E-state index contributed by atoms with van der Waals surface area (Å²) in [5.74, 6) is -10.7.